The number of rotatable bonds is 10. The smallest absolute Gasteiger partial charge is 0.0896 e. The van der Waals surface area contributed by atoms with Crippen LogP contribution in [0, 0.1) is 6.92 Å². The summed E-state index contributed by atoms with van der Waals surface area (Å²) < 4.78 is 5.23. The molecule has 2 nitrogen and oxygen atoms in total. The number of nitrogens with zero attached hydrogens (tertiary/aromatic N) is 1. The molecule has 5 aromatic heterocycles. The number of aryl methyl sites for hydroxylation is 1. The maximum absolute atomic E-state index is 5.48. The van der Waals surface area contributed by atoms with E-state index in [9.17, 15) is 0 Å². The minimum absolute atomic E-state index is 0.985. The molecule has 0 spiro atoms. The van der Waals surface area contributed by atoms with E-state index in [-0.39, 0.29) is 0 Å². The maximum Gasteiger partial charge on any atom is 0.0896 e. The molecule has 0 saturated heterocycles. The first-order valence-corrected chi connectivity index (χ1v) is 22.6. The van der Waals surface area contributed by atoms with E-state index in [0.717, 1.165) is 33.9 Å². The first kappa shape index (κ1) is 32.4. The summed E-state index contributed by atoms with van der Waals surface area (Å²) in [6.45, 7) is 2.14. The lowest BCUT2D eigenvalue weighted by molar-refractivity contribution is 1.32. The van der Waals surface area contributed by atoms with Crippen LogP contribution < -0.4 is 0 Å². The van der Waals surface area contributed by atoms with Gasteiger partial charge >= 0.3 is 0 Å². The second kappa shape index (κ2) is 14.1. The minimum Gasteiger partial charge on any atom is -0.353 e. The van der Waals surface area contributed by atoms with Crippen LogP contribution in [0.5, 0.6) is 0 Å². The van der Waals surface area contributed by atoms with Crippen LogP contribution in [0.2, 0.25) is 0 Å². The van der Waals surface area contributed by atoms with E-state index < -0.39 is 0 Å². The van der Waals surface area contributed by atoms with Crippen molar-refractivity contribution in [3.05, 3.63) is 117 Å². The van der Waals surface area contributed by atoms with Crippen molar-refractivity contribution in [3.8, 4) is 21.0 Å². The molecule has 0 unspecified atom stereocenters. The zero-order valence-electron chi connectivity index (χ0n) is 25.8. The number of benzene rings is 1. The first-order valence-electron chi connectivity index (χ1n) is 14.4. The molecule has 0 saturated carbocycles. The summed E-state index contributed by atoms with van der Waals surface area (Å²) >= 11 is 14.5. The largest absolute Gasteiger partial charge is 0.353 e. The van der Waals surface area contributed by atoms with Gasteiger partial charge in [-0.25, -0.2) is 4.99 Å². The van der Waals surface area contributed by atoms with Crippen molar-refractivity contribution >= 4 is 109 Å². The van der Waals surface area contributed by atoms with Gasteiger partial charge in [-0.2, -0.15) is 0 Å². The average molecular weight is 747 g/mol. The van der Waals surface area contributed by atoms with E-state index in [1.165, 1.54) is 53.0 Å². The molecule has 46 heavy (non-hydrogen) atoms. The normalized spacial score (nSPS) is 14.2. The molecule has 6 heterocycles. The van der Waals surface area contributed by atoms with Gasteiger partial charge in [0.05, 0.1) is 43.7 Å². The van der Waals surface area contributed by atoms with Crippen molar-refractivity contribution in [2.24, 2.45) is 4.99 Å². The van der Waals surface area contributed by atoms with Crippen LogP contribution in [0.25, 0.3) is 32.2 Å². The third-order valence-corrected chi connectivity index (χ3v) is 16.4. The Labute approximate surface area is 303 Å². The lowest BCUT2D eigenvalue weighted by atomic mass is 9.98. The van der Waals surface area contributed by atoms with Crippen LogP contribution in [-0.4, -0.2) is 35.7 Å². The Balaban J connectivity index is 1.48. The van der Waals surface area contributed by atoms with Gasteiger partial charge in [-0.3, -0.25) is 0 Å². The standard InChI is InChI=1S/C36H30N2S8/c1-20-6-8-21(9-7-20)34(24-18-22(26-10-14-30(39-2)43-26)35(37-24)28-12-16-32(41-4)45-28)25-19-23(27-11-15-31(40-3)44-27)36(38-25)29-13-17-33(42-5)46-29/h6-19,37H,1-5H3/b34-25-. The highest BCUT2D eigenvalue weighted by Crippen LogP contribution is 2.46. The van der Waals surface area contributed by atoms with Gasteiger partial charge in [0.25, 0.3) is 0 Å². The number of H-pyrrole nitrogens is 1. The number of allylic oxidation sites excluding steroid dienone is 2. The van der Waals surface area contributed by atoms with Crippen molar-refractivity contribution in [2.45, 2.75) is 23.8 Å². The topological polar surface area (TPSA) is 28.1 Å². The van der Waals surface area contributed by atoms with Gasteiger partial charge in [0.15, 0.2) is 0 Å². The van der Waals surface area contributed by atoms with Crippen LogP contribution in [0.3, 0.4) is 0 Å². The molecule has 0 fully saturated rings. The van der Waals surface area contributed by atoms with E-state index >= 15 is 0 Å². The SMILES string of the molecule is CSc1ccc(C2=C/C(=C(\c3ccc(C)cc3)c3cc(-c4ccc(SC)s4)c(-c4ccc(SC)s4)[nH]3)N=C2c2ccc(SC)s2)s1. The molecule has 10 heteroatoms. The molecule has 7 rings (SSSR count). The first-order chi connectivity index (χ1) is 22.5. The van der Waals surface area contributed by atoms with Crippen LogP contribution in [-0.2, 0) is 0 Å². The lowest BCUT2D eigenvalue weighted by Crippen LogP contribution is -1.97. The highest BCUT2D eigenvalue weighted by molar-refractivity contribution is 8.01. The lowest BCUT2D eigenvalue weighted by Gasteiger charge is -2.09. The molecule has 1 N–H and O–H groups in total. The van der Waals surface area contributed by atoms with Crippen LogP contribution in [0.1, 0.15) is 26.6 Å². The van der Waals surface area contributed by atoms with Crippen molar-refractivity contribution < 1.29 is 0 Å². The van der Waals surface area contributed by atoms with Crippen LogP contribution in [0.15, 0.2) is 112 Å². The van der Waals surface area contributed by atoms with Gasteiger partial charge in [0.1, 0.15) is 0 Å². The van der Waals surface area contributed by atoms with Gasteiger partial charge in [-0.1, -0.05) is 29.8 Å². The van der Waals surface area contributed by atoms with Crippen LogP contribution >= 0.6 is 92.4 Å². The van der Waals surface area contributed by atoms with Crippen molar-refractivity contribution in [1.29, 1.82) is 0 Å². The molecule has 1 aliphatic heterocycles. The molecular weight excluding hydrogens is 717 g/mol. The Morgan fingerprint density at radius 1 is 0.609 bits per heavy atom. The number of hydrogen-bond donors (Lipinski definition) is 1. The third kappa shape index (κ3) is 6.48. The number of thiophene rings is 4. The van der Waals surface area contributed by atoms with Gasteiger partial charge in [-0.15, -0.1) is 92.4 Å². The Morgan fingerprint density at radius 3 is 1.74 bits per heavy atom. The summed E-state index contributed by atoms with van der Waals surface area (Å²) in [6, 6.07) is 29.1. The minimum atomic E-state index is 0.985. The molecule has 0 amide bonds. The van der Waals surface area contributed by atoms with E-state index in [1.807, 2.05) is 45.3 Å². The summed E-state index contributed by atoms with van der Waals surface area (Å²) in [4.78, 5) is 14.4. The highest BCUT2D eigenvalue weighted by atomic mass is 32.2. The zero-order chi connectivity index (χ0) is 31.8. The number of aromatic amines is 1. The van der Waals surface area contributed by atoms with Gasteiger partial charge in [0.2, 0.25) is 0 Å². The monoisotopic (exact) mass is 746 g/mol. The number of hydrogen-bond acceptors (Lipinski definition) is 9. The molecule has 1 aromatic carbocycles. The summed E-state index contributed by atoms with van der Waals surface area (Å²) in [5, 5.41) is 0. The van der Waals surface area contributed by atoms with Crippen LogP contribution in [0.4, 0.5) is 0 Å². The maximum atomic E-state index is 5.48. The number of nitrogens with one attached hydrogen (secondary N) is 1. The Morgan fingerprint density at radius 2 is 1.13 bits per heavy atom. The Hall–Kier alpha value is -2.15. The van der Waals surface area contributed by atoms with Crippen molar-refractivity contribution in [2.75, 3.05) is 25.0 Å². The number of thioether (sulfide) groups is 4. The summed E-state index contributed by atoms with van der Waals surface area (Å²) in [7, 11) is 0. The van der Waals surface area contributed by atoms with Gasteiger partial charge in [0, 0.05) is 32.2 Å². The molecule has 0 atom stereocenters. The molecule has 1 aliphatic rings. The summed E-state index contributed by atoms with van der Waals surface area (Å²) in [5.74, 6) is 0. The van der Waals surface area contributed by atoms with Crippen molar-refractivity contribution in [1.82, 2.24) is 4.98 Å². The second-order valence-electron chi connectivity index (χ2n) is 10.4. The summed E-state index contributed by atoms with van der Waals surface area (Å²) in [6.07, 6.45) is 10.9. The quantitative estimate of drug-likeness (QED) is 0.141. The fourth-order valence-electron chi connectivity index (χ4n) is 5.33. The predicted octanol–water partition coefficient (Wildman–Crippen LogP) is 13.1. The van der Waals surface area contributed by atoms with Gasteiger partial charge in [-0.05, 0) is 98.2 Å². The van der Waals surface area contributed by atoms with E-state index in [4.69, 9.17) is 4.99 Å². The predicted molar refractivity (Wildman–Crippen MR) is 215 cm³/mol. The number of aromatic nitrogens is 1. The number of aliphatic imine (C=N–C) groups is 1. The summed E-state index contributed by atoms with van der Waals surface area (Å²) in [5.41, 5.74) is 10.2. The molecule has 0 radical (unpaired) electrons. The Bertz CT molecular complexity index is 1990. The molecule has 0 aliphatic carbocycles. The van der Waals surface area contributed by atoms with E-state index in [2.05, 4.69) is 122 Å². The van der Waals surface area contributed by atoms with E-state index in [1.54, 1.807) is 47.0 Å². The fraction of sp³-hybridized carbons (Fsp3) is 0.139. The average Bonchev–Trinajstić information content (AvgIpc) is 3.93. The van der Waals surface area contributed by atoms with E-state index in [0.29, 0.717) is 0 Å². The molecule has 6 aromatic rings. The zero-order valence-corrected chi connectivity index (χ0v) is 32.3. The fourth-order valence-corrected chi connectivity index (χ4v) is 11.6. The van der Waals surface area contributed by atoms with Gasteiger partial charge < -0.3 is 4.98 Å². The molecule has 232 valence electrons. The molecular formula is C36H30N2S8. The van der Waals surface area contributed by atoms with Crippen molar-refractivity contribution in [3.63, 3.8) is 0 Å². The molecule has 0 bridgehead atoms. The third-order valence-electron chi connectivity index (χ3n) is 7.59. The Kier molecular flexibility index (Phi) is 9.96. The second-order valence-corrected chi connectivity index (χ2v) is 19.2. The highest BCUT2D eigenvalue weighted by Gasteiger charge is 2.26.